The van der Waals surface area contributed by atoms with E-state index in [0.29, 0.717) is 19.0 Å². The number of anilines is 1. The van der Waals surface area contributed by atoms with Crippen LogP contribution in [-0.4, -0.2) is 17.1 Å². The van der Waals surface area contributed by atoms with Crippen LogP contribution >= 0.6 is 11.6 Å². The first kappa shape index (κ1) is 12.8. The van der Waals surface area contributed by atoms with Crippen molar-refractivity contribution < 1.29 is 4.74 Å². The second-order valence-corrected chi connectivity index (χ2v) is 4.10. The first-order valence-corrected chi connectivity index (χ1v) is 5.95. The smallest absolute Gasteiger partial charge is 0.224 e. The van der Waals surface area contributed by atoms with E-state index in [0.717, 1.165) is 5.56 Å². The number of rotatable bonds is 5. The topological polar surface area (TPSA) is 47.0 Å². The van der Waals surface area contributed by atoms with Crippen LogP contribution in [0.5, 0.6) is 0 Å². The molecular formula is C13H14ClN3O. The van der Waals surface area contributed by atoms with Crippen LogP contribution in [0.15, 0.2) is 36.5 Å². The van der Waals surface area contributed by atoms with Gasteiger partial charge in [0.15, 0.2) is 0 Å². The summed E-state index contributed by atoms with van der Waals surface area (Å²) in [6.45, 7) is 1.27. The summed E-state index contributed by atoms with van der Waals surface area (Å²) in [5, 5.41) is 3.45. The molecule has 1 N–H and O–H groups in total. The normalized spacial score (nSPS) is 10.3. The van der Waals surface area contributed by atoms with Gasteiger partial charge in [-0.05, 0) is 28.8 Å². The Morgan fingerprint density at radius 3 is 2.72 bits per heavy atom. The zero-order valence-electron chi connectivity index (χ0n) is 10.1. The maximum atomic E-state index is 5.73. The molecule has 0 aliphatic rings. The predicted molar refractivity (Wildman–Crippen MR) is 71.5 cm³/mol. The fourth-order valence-electron chi connectivity index (χ4n) is 1.65. The molecule has 1 heterocycles. The Kier molecular flexibility index (Phi) is 4.50. The van der Waals surface area contributed by atoms with Gasteiger partial charge in [0.25, 0.3) is 0 Å². The molecule has 0 radical (unpaired) electrons. The van der Waals surface area contributed by atoms with Crippen molar-refractivity contribution in [1.82, 2.24) is 9.97 Å². The molecule has 0 aliphatic carbocycles. The lowest BCUT2D eigenvalue weighted by Gasteiger charge is -2.10. The van der Waals surface area contributed by atoms with Crippen LogP contribution in [0.3, 0.4) is 0 Å². The molecule has 18 heavy (non-hydrogen) atoms. The Morgan fingerprint density at radius 2 is 2.00 bits per heavy atom. The van der Waals surface area contributed by atoms with E-state index in [1.165, 1.54) is 5.56 Å². The van der Waals surface area contributed by atoms with Crippen molar-refractivity contribution >= 4 is 17.4 Å². The minimum atomic E-state index is 0.241. The summed E-state index contributed by atoms with van der Waals surface area (Å²) in [5.41, 5.74) is 2.33. The molecule has 0 aliphatic heterocycles. The van der Waals surface area contributed by atoms with E-state index in [2.05, 4.69) is 21.4 Å². The largest absolute Gasteiger partial charge is 0.380 e. The lowest BCUT2D eigenvalue weighted by molar-refractivity contribution is 0.184. The highest BCUT2D eigenvalue weighted by Crippen LogP contribution is 2.13. The van der Waals surface area contributed by atoms with Gasteiger partial charge in [0.05, 0.1) is 6.61 Å². The summed E-state index contributed by atoms with van der Waals surface area (Å²) < 4.78 is 5.17. The number of nitrogens with one attached hydrogen (secondary N) is 1. The number of benzene rings is 1. The van der Waals surface area contributed by atoms with E-state index >= 15 is 0 Å². The molecule has 0 amide bonds. The number of halogens is 1. The van der Waals surface area contributed by atoms with Gasteiger partial charge in [0, 0.05) is 19.9 Å². The van der Waals surface area contributed by atoms with E-state index in [-0.39, 0.29) is 5.28 Å². The van der Waals surface area contributed by atoms with Gasteiger partial charge in [-0.1, -0.05) is 24.3 Å². The lowest BCUT2D eigenvalue weighted by Crippen LogP contribution is -2.05. The fraction of sp³-hybridized carbons (Fsp3) is 0.231. The zero-order chi connectivity index (χ0) is 12.8. The average molecular weight is 264 g/mol. The summed E-state index contributed by atoms with van der Waals surface area (Å²) in [5.74, 6) is 0.710. The van der Waals surface area contributed by atoms with Crippen LogP contribution < -0.4 is 5.32 Å². The van der Waals surface area contributed by atoms with Crippen molar-refractivity contribution in [1.29, 1.82) is 0 Å². The Labute approximate surface area is 111 Å². The first-order chi connectivity index (χ1) is 8.79. The lowest BCUT2D eigenvalue weighted by atomic mass is 10.1. The monoisotopic (exact) mass is 263 g/mol. The summed E-state index contributed by atoms with van der Waals surface area (Å²) in [6.07, 6.45) is 1.62. The molecule has 2 rings (SSSR count). The molecule has 0 atom stereocenters. The summed E-state index contributed by atoms with van der Waals surface area (Å²) in [7, 11) is 1.69. The van der Waals surface area contributed by atoms with E-state index in [1.807, 2.05) is 18.2 Å². The fourth-order valence-corrected chi connectivity index (χ4v) is 1.79. The number of methoxy groups -OCH3 is 1. The van der Waals surface area contributed by atoms with Crippen molar-refractivity contribution in [2.24, 2.45) is 0 Å². The summed E-state index contributed by atoms with van der Waals surface area (Å²) in [4.78, 5) is 7.91. The molecule has 5 heteroatoms. The molecule has 1 aromatic carbocycles. The van der Waals surface area contributed by atoms with Crippen LogP contribution in [-0.2, 0) is 17.9 Å². The standard InChI is InChI=1S/C13H14ClN3O/c1-18-9-11-5-3-2-4-10(11)8-16-12-6-7-15-13(14)17-12/h2-7H,8-9H2,1H3,(H,15,16,17). The van der Waals surface area contributed by atoms with E-state index in [1.54, 1.807) is 19.4 Å². The third kappa shape index (κ3) is 3.42. The summed E-state index contributed by atoms with van der Waals surface area (Å²) in [6, 6.07) is 9.89. The Balaban J connectivity index is 2.06. The molecule has 0 unspecified atom stereocenters. The van der Waals surface area contributed by atoms with Crippen molar-refractivity contribution in [3.8, 4) is 0 Å². The first-order valence-electron chi connectivity index (χ1n) is 5.57. The van der Waals surface area contributed by atoms with Gasteiger partial charge in [-0.3, -0.25) is 0 Å². The van der Waals surface area contributed by atoms with Gasteiger partial charge in [-0.25, -0.2) is 9.97 Å². The molecule has 4 nitrogen and oxygen atoms in total. The third-order valence-electron chi connectivity index (χ3n) is 2.50. The molecule has 0 fully saturated rings. The van der Waals surface area contributed by atoms with Crippen LogP contribution in [0, 0.1) is 0 Å². The van der Waals surface area contributed by atoms with Gasteiger partial charge < -0.3 is 10.1 Å². The third-order valence-corrected chi connectivity index (χ3v) is 2.69. The highest BCUT2D eigenvalue weighted by atomic mass is 35.5. The number of aromatic nitrogens is 2. The van der Waals surface area contributed by atoms with Crippen molar-refractivity contribution in [3.05, 3.63) is 52.9 Å². The SMILES string of the molecule is COCc1ccccc1CNc1ccnc(Cl)n1. The van der Waals surface area contributed by atoms with Crippen molar-refractivity contribution in [2.45, 2.75) is 13.2 Å². The number of hydrogen-bond acceptors (Lipinski definition) is 4. The molecule has 0 saturated heterocycles. The molecule has 1 aromatic heterocycles. The Hall–Kier alpha value is -1.65. The highest BCUT2D eigenvalue weighted by Gasteiger charge is 2.02. The quantitative estimate of drug-likeness (QED) is 0.843. The van der Waals surface area contributed by atoms with Gasteiger partial charge in [-0.2, -0.15) is 0 Å². The second-order valence-electron chi connectivity index (χ2n) is 3.77. The molecule has 0 bridgehead atoms. The van der Waals surface area contributed by atoms with E-state index in [9.17, 15) is 0 Å². The van der Waals surface area contributed by atoms with Gasteiger partial charge in [0.2, 0.25) is 5.28 Å². The molecular weight excluding hydrogens is 250 g/mol. The van der Waals surface area contributed by atoms with Gasteiger partial charge >= 0.3 is 0 Å². The van der Waals surface area contributed by atoms with Gasteiger partial charge in [0.1, 0.15) is 5.82 Å². The summed E-state index contributed by atoms with van der Waals surface area (Å²) >= 11 is 5.73. The van der Waals surface area contributed by atoms with E-state index < -0.39 is 0 Å². The molecule has 0 saturated carbocycles. The van der Waals surface area contributed by atoms with Crippen LogP contribution in [0.2, 0.25) is 5.28 Å². The maximum Gasteiger partial charge on any atom is 0.224 e. The van der Waals surface area contributed by atoms with Crippen LogP contribution in [0.1, 0.15) is 11.1 Å². The minimum Gasteiger partial charge on any atom is -0.380 e. The Morgan fingerprint density at radius 1 is 1.22 bits per heavy atom. The van der Waals surface area contributed by atoms with Crippen molar-refractivity contribution in [3.63, 3.8) is 0 Å². The minimum absolute atomic E-state index is 0.241. The van der Waals surface area contributed by atoms with Crippen molar-refractivity contribution in [2.75, 3.05) is 12.4 Å². The maximum absolute atomic E-state index is 5.73. The Bertz CT molecular complexity index is 519. The second kappa shape index (κ2) is 6.33. The molecule has 2 aromatic rings. The number of hydrogen-bond donors (Lipinski definition) is 1. The van der Waals surface area contributed by atoms with Crippen LogP contribution in [0.4, 0.5) is 5.82 Å². The van der Waals surface area contributed by atoms with Gasteiger partial charge in [-0.15, -0.1) is 0 Å². The average Bonchev–Trinajstić information content (AvgIpc) is 2.38. The molecule has 0 spiro atoms. The predicted octanol–water partition coefficient (Wildman–Crippen LogP) is 2.89. The highest BCUT2D eigenvalue weighted by molar-refractivity contribution is 6.28. The number of ether oxygens (including phenoxy) is 1. The molecule has 94 valence electrons. The van der Waals surface area contributed by atoms with E-state index in [4.69, 9.17) is 16.3 Å². The van der Waals surface area contributed by atoms with Crippen LogP contribution in [0.25, 0.3) is 0 Å². The zero-order valence-corrected chi connectivity index (χ0v) is 10.8. The number of nitrogens with zero attached hydrogens (tertiary/aromatic N) is 2.